The van der Waals surface area contributed by atoms with Gasteiger partial charge in [0.15, 0.2) is 23.1 Å². The second-order valence-corrected chi connectivity index (χ2v) is 11.5. The Kier molecular flexibility index (Phi) is 13.0. The molecule has 0 bridgehead atoms. The topological polar surface area (TPSA) is 167 Å². The zero-order valence-corrected chi connectivity index (χ0v) is 28.4. The molecule has 2 aromatic carbocycles. The summed E-state index contributed by atoms with van der Waals surface area (Å²) in [7, 11) is 0. The van der Waals surface area contributed by atoms with Gasteiger partial charge in [0.25, 0.3) is 0 Å². The quantitative estimate of drug-likeness (QED) is 0.0885. The van der Waals surface area contributed by atoms with E-state index in [-0.39, 0.29) is 37.5 Å². The number of aliphatic hydroxyl groups excluding tert-OH is 1. The van der Waals surface area contributed by atoms with Crippen molar-refractivity contribution in [3.63, 3.8) is 0 Å². The molecule has 0 radical (unpaired) electrons. The van der Waals surface area contributed by atoms with Gasteiger partial charge < -0.3 is 24.9 Å². The molecule has 8 aromatic rings. The third-order valence-corrected chi connectivity index (χ3v) is 7.99. The number of aliphatic hydroxyl groups is 1. The van der Waals surface area contributed by atoms with E-state index in [0.29, 0.717) is 22.1 Å². The van der Waals surface area contributed by atoms with Crippen molar-refractivity contribution in [1.82, 2.24) is 29.9 Å². The molecular formula is C41H32F4N6O5. The predicted octanol–water partition coefficient (Wildman–Crippen LogP) is 8.03. The molecule has 56 heavy (non-hydrogen) atoms. The maximum absolute atomic E-state index is 14.9. The van der Waals surface area contributed by atoms with Crippen LogP contribution in [0, 0.1) is 23.3 Å². The van der Waals surface area contributed by atoms with Crippen LogP contribution >= 0.6 is 0 Å². The summed E-state index contributed by atoms with van der Waals surface area (Å²) >= 11 is 0. The smallest absolute Gasteiger partial charge is 0.201 e. The van der Waals surface area contributed by atoms with E-state index in [2.05, 4.69) is 29.9 Å². The summed E-state index contributed by atoms with van der Waals surface area (Å²) in [5.41, 5.74) is 1.27. The van der Waals surface area contributed by atoms with Crippen molar-refractivity contribution >= 4 is 33.6 Å². The van der Waals surface area contributed by atoms with E-state index < -0.39 is 51.7 Å². The molecule has 0 atom stereocenters. The van der Waals surface area contributed by atoms with E-state index in [0.717, 1.165) is 35.4 Å². The van der Waals surface area contributed by atoms with Crippen molar-refractivity contribution in [2.24, 2.45) is 0 Å². The standard InChI is InChI=1S/C20H13F2N3O2.C14H8F2N2O2.C6H7NO.CH4/c21-15-5-6-16(27-11-12-3-1-7-23-9-12)18(22)17(15)19(26)14-10-25-20-13(14)4-2-8-24-20;15-9-3-4-10(19)12(16)11(9)13(20)8-6-18-14-7(8)2-1-5-17-14;8-5-6-2-1-3-7-4-6;/h1-10H,11H2,(H,24,25);1-6,19H,(H,17,18);1-4,8H,5H2;1H4. The van der Waals surface area contributed by atoms with Gasteiger partial charge in [-0.3, -0.25) is 19.6 Å². The first kappa shape index (κ1) is 39.9. The summed E-state index contributed by atoms with van der Waals surface area (Å²) in [4.78, 5) is 46.5. The molecule has 11 nitrogen and oxygen atoms in total. The number of ether oxygens (including phenoxy) is 1. The van der Waals surface area contributed by atoms with Crippen molar-refractivity contribution in [2.45, 2.75) is 20.6 Å². The Hall–Kier alpha value is -7.26. The van der Waals surface area contributed by atoms with Crippen molar-refractivity contribution in [1.29, 1.82) is 0 Å². The van der Waals surface area contributed by atoms with Gasteiger partial charge in [-0.15, -0.1) is 0 Å². The zero-order valence-electron chi connectivity index (χ0n) is 28.4. The van der Waals surface area contributed by atoms with Gasteiger partial charge >= 0.3 is 0 Å². The van der Waals surface area contributed by atoms with Crippen molar-refractivity contribution in [3.05, 3.63) is 179 Å². The zero-order chi connectivity index (χ0) is 38.9. The Balaban J connectivity index is 0.000000181. The van der Waals surface area contributed by atoms with Crippen LogP contribution < -0.4 is 4.74 Å². The van der Waals surface area contributed by atoms with Crippen LogP contribution in [0.2, 0.25) is 0 Å². The SMILES string of the molecule is C.O=C(c1c(F)ccc(O)c1F)c1c[nH]c2ncccc12.O=C(c1c(F)ccc(OCc2cccnc2)c1F)c1c[nH]c2ncccc12.OCc1cccnc1. The molecule has 0 unspecified atom stereocenters. The largest absolute Gasteiger partial charge is 0.505 e. The molecule has 0 amide bonds. The van der Waals surface area contributed by atoms with E-state index in [1.165, 1.54) is 18.6 Å². The van der Waals surface area contributed by atoms with Crippen LogP contribution in [0.5, 0.6) is 11.5 Å². The average Bonchev–Trinajstić information content (AvgIpc) is 3.85. The number of aromatic amines is 2. The van der Waals surface area contributed by atoms with E-state index in [4.69, 9.17) is 9.84 Å². The number of benzene rings is 2. The van der Waals surface area contributed by atoms with Crippen LogP contribution in [-0.4, -0.2) is 51.7 Å². The molecule has 0 aliphatic rings. The molecule has 0 aliphatic carbocycles. The highest BCUT2D eigenvalue weighted by Crippen LogP contribution is 2.29. The van der Waals surface area contributed by atoms with Crippen molar-refractivity contribution in [2.75, 3.05) is 0 Å². The number of carbonyl (C=O) groups excluding carboxylic acids is 2. The number of phenols is 1. The Labute approximate surface area is 316 Å². The molecule has 0 fully saturated rings. The van der Waals surface area contributed by atoms with Crippen LogP contribution in [0.4, 0.5) is 17.6 Å². The van der Waals surface area contributed by atoms with Crippen molar-refractivity contribution < 1.29 is 42.1 Å². The third kappa shape index (κ3) is 8.75. The molecule has 0 spiro atoms. The lowest BCUT2D eigenvalue weighted by Gasteiger charge is -2.10. The monoisotopic (exact) mass is 764 g/mol. The van der Waals surface area contributed by atoms with Gasteiger partial charge in [-0.25, -0.2) is 27.5 Å². The van der Waals surface area contributed by atoms with Crippen LogP contribution in [0.3, 0.4) is 0 Å². The van der Waals surface area contributed by atoms with Crippen LogP contribution in [-0.2, 0) is 13.2 Å². The molecule has 0 saturated heterocycles. The fourth-order valence-electron chi connectivity index (χ4n) is 5.30. The van der Waals surface area contributed by atoms with Gasteiger partial charge in [0.2, 0.25) is 11.6 Å². The lowest BCUT2D eigenvalue weighted by molar-refractivity contribution is 0.102. The van der Waals surface area contributed by atoms with E-state index in [1.54, 1.807) is 73.4 Å². The average molecular weight is 765 g/mol. The molecule has 8 rings (SSSR count). The Morgan fingerprint density at radius 1 is 0.643 bits per heavy atom. The molecular weight excluding hydrogens is 732 g/mol. The summed E-state index contributed by atoms with van der Waals surface area (Å²) < 4.78 is 62.0. The second-order valence-electron chi connectivity index (χ2n) is 11.5. The Bertz CT molecular complexity index is 2600. The Morgan fingerprint density at radius 3 is 1.64 bits per heavy atom. The van der Waals surface area contributed by atoms with Crippen LogP contribution in [0.1, 0.15) is 50.4 Å². The molecule has 4 N–H and O–H groups in total. The first-order valence-electron chi connectivity index (χ1n) is 16.3. The maximum atomic E-state index is 14.9. The number of phenolic OH excluding ortho intramolecular Hbond substituents is 1. The summed E-state index contributed by atoms with van der Waals surface area (Å²) in [6, 6.07) is 17.5. The number of halogens is 4. The number of nitrogens with zero attached hydrogens (tertiary/aromatic N) is 4. The first-order valence-corrected chi connectivity index (χ1v) is 16.3. The van der Waals surface area contributed by atoms with Gasteiger partial charge in [0, 0.05) is 77.0 Å². The fraction of sp³-hybridized carbons (Fsp3) is 0.0732. The van der Waals surface area contributed by atoms with Gasteiger partial charge in [0.1, 0.15) is 29.5 Å². The number of nitrogens with one attached hydrogen (secondary N) is 2. The van der Waals surface area contributed by atoms with Gasteiger partial charge in [-0.05, 0) is 66.2 Å². The van der Waals surface area contributed by atoms with Crippen LogP contribution in [0.25, 0.3) is 22.1 Å². The number of carbonyl (C=O) groups is 2. The minimum atomic E-state index is -1.27. The maximum Gasteiger partial charge on any atom is 0.201 e. The highest BCUT2D eigenvalue weighted by molar-refractivity contribution is 6.17. The Morgan fingerprint density at radius 2 is 1.14 bits per heavy atom. The number of aromatic hydroxyl groups is 1. The summed E-state index contributed by atoms with van der Waals surface area (Å²) in [5, 5.41) is 18.7. The number of hydrogen-bond donors (Lipinski definition) is 4. The molecule has 6 heterocycles. The predicted molar refractivity (Wildman–Crippen MR) is 199 cm³/mol. The highest BCUT2D eigenvalue weighted by Gasteiger charge is 2.26. The molecule has 15 heteroatoms. The molecule has 284 valence electrons. The van der Waals surface area contributed by atoms with Gasteiger partial charge in [0.05, 0.1) is 17.7 Å². The summed E-state index contributed by atoms with van der Waals surface area (Å²) in [6.07, 6.45) is 12.3. The van der Waals surface area contributed by atoms with Gasteiger partial charge in [-0.2, -0.15) is 0 Å². The fourth-order valence-corrected chi connectivity index (χ4v) is 5.30. The van der Waals surface area contributed by atoms with Crippen LogP contribution in [0.15, 0.2) is 122 Å². The number of fused-ring (bicyclic) bond motifs is 2. The number of rotatable bonds is 8. The van der Waals surface area contributed by atoms with Gasteiger partial charge in [-0.1, -0.05) is 19.6 Å². The number of H-pyrrole nitrogens is 2. The first-order chi connectivity index (χ1) is 26.7. The lowest BCUT2D eigenvalue weighted by Crippen LogP contribution is -2.09. The highest BCUT2D eigenvalue weighted by atomic mass is 19.1. The number of pyridine rings is 4. The minimum Gasteiger partial charge on any atom is -0.505 e. The number of aromatic nitrogens is 6. The second kappa shape index (κ2) is 18.2. The molecule has 0 aliphatic heterocycles. The summed E-state index contributed by atoms with van der Waals surface area (Å²) in [6.45, 7) is 0.120. The minimum absolute atomic E-state index is 0. The number of ketones is 2. The summed E-state index contributed by atoms with van der Waals surface area (Å²) in [5.74, 6) is -6.90. The third-order valence-electron chi connectivity index (χ3n) is 7.99. The molecule has 6 aromatic heterocycles. The van der Waals surface area contributed by atoms with E-state index >= 15 is 0 Å². The lowest BCUT2D eigenvalue weighted by atomic mass is 10.0. The van der Waals surface area contributed by atoms with Crippen molar-refractivity contribution in [3.8, 4) is 11.5 Å². The normalized spacial score (nSPS) is 10.4. The number of hydrogen-bond acceptors (Lipinski definition) is 9. The van der Waals surface area contributed by atoms with E-state index in [9.17, 15) is 32.3 Å². The van der Waals surface area contributed by atoms with E-state index in [1.807, 2.05) is 6.07 Å². The molecule has 0 saturated carbocycles.